The SMILES string of the molecule is CCOc1ccc2oc(C(=O)NCc3ccc(F)cc3)c(C)c2c1. The molecule has 0 saturated carbocycles. The number of rotatable bonds is 5. The van der Waals surface area contributed by atoms with E-state index in [0.29, 0.717) is 18.7 Å². The Labute approximate surface area is 139 Å². The third-order valence-electron chi connectivity index (χ3n) is 3.79. The number of aryl methyl sites for hydroxylation is 1. The van der Waals surface area contributed by atoms with Crippen LogP contribution in [-0.4, -0.2) is 12.5 Å². The van der Waals surface area contributed by atoms with Gasteiger partial charge in [0.2, 0.25) is 0 Å². The summed E-state index contributed by atoms with van der Waals surface area (Å²) in [4.78, 5) is 12.4. The van der Waals surface area contributed by atoms with Crippen molar-refractivity contribution in [2.24, 2.45) is 0 Å². The van der Waals surface area contributed by atoms with Crippen molar-refractivity contribution in [1.29, 1.82) is 0 Å². The molecule has 24 heavy (non-hydrogen) atoms. The first kappa shape index (κ1) is 16.1. The fourth-order valence-electron chi connectivity index (χ4n) is 2.54. The summed E-state index contributed by atoms with van der Waals surface area (Å²) in [7, 11) is 0. The monoisotopic (exact) mass is 327 g/mol. The van der Waals surface area contributed by atoms with Crippen molar-refractivity contribution in [3.8, 4) is 5.75 Å². The molecule has 3 aromatic rings. The first-order chi connectivity index (χ1) is 11.6. The molecule has 0 aliphatic rings. The molecule has 0 spiro atoms. The number of amides is 1. The van der Waals surface area contributed by atoms with Crippen LogP contribution in [0.2, 0.25) is 0 Å². The van der Waals surface area contributed by atoms with Crippen LogP contribution in [0.25, 0.3) is 11.0 Å². The van der Waals surface area contributed by atoms with Gasteiger partial charge in [-0.1, -0.05) is 12.1 Å². The number of ether oxygens (including phenoxy) is 1. The zero-order valence-corrected chi connectivity index (χ0v) is 13.6. The minimum atomic E-state index is -0.302. The average Bonchev–Trinajstić information content (AvgIpc) is 2.91. The number of nitrogens with one attached hydrogen (secondary N) is 1. The molecule has 0 atom stereocenters. The molecule has 3 rings (SSSR count). The summed E-state index contributed by atoms with van der Waals surface area (Å²) in [5.74, 6) is 0.419. The highest BCUT2D eigenvalue weighted by atomic mass is 19.1. The second-order valence-corrected chi connectivity index (χ2v) is 5.46. The molecule has 0 aliphatic heterocycles. The number of furan rings is 1. The van der Waals surface area contributed by atoms with Crippen molar-refractivity contribution in [2.75, 3.05) is 6.61 Å². The van der Waals surface area contributed by atoms with Crippen LogP contribution in [0.15, 0.2) is 46.9 Å². The molecule has 0 unspecified atom stereocenters. The lowest BCUT2D eigenvalue weighted by atomic mass is 10.1. The maximum Gasteiger partial charge on any atom is 0.287 e. The van der Waals surface area contributed by atoms with Crippen LogP contribution in [-0.2, 0) is 6.54 Å². The van der Waals surface area contributed by atoms with E-state index in [1.54, 1.807) is 18.2 Å². The molecule has 5 heteroatoms. The third kappa shape index (κ3) is 3.25. The lowest BCUT2D eigenvalue weighted by Gasteiger charge is -2.04. The topological polar surface area (TPSA) is 51.5 Å². The van der Waals surface area contributed by atoms with Crippen molar-refractivity contribution in [3.63, 3.8) is 0 Å². The summed E-state index contributed by atoms with van der Waals surface area (Å²) in [6.45, 7) is 4.64. The summed E-state index contributed by atoms with van der Waals surface area (Å²) in [6.07, 6.45) is 0. The van der Waals surface area contributed by atoms with Crippen LogP contribution in [0, 0.1) is 12.7 Å². The van der Waals surface area contributed by atoms with Crippen molar-refractivity contribution in [2.45, 2.75) is 20.4 Å². The van der Waals surface area contributed by atoms with Crippen LogP contribution in [0.1, 0.15) is 28.6 Å². The van der Waals surface area contributed by atoms with Crippen molar-refractivity contribution < 1.29 is 18.3 Å². The molecule has 0 bridgehead atoms. The molecular formula is C19H18FNO3. The molecule has 4 nitrogen and oxygen atoms in total. The zero-order valence-electron chi connectivity index (χ0n) is 13.6. The standard InChI is InChI=1S/C19H18FNO3/c1-3-23-15-8-9-17-16(10-15)12(2)18(24-17)19(22)21-11-13-4-6-14(20)7-5-13/h4-10H,3,11H2,1-2H3,(H,21,22). The molecule has 0 fully saturated rings. The summed E-state index contributed by atoms with van der Waals surface area (Å²) in [5.41, 5.74) is 2.23. The van der Waals surface area contributed by atoms with Gasteiger partial charge >= 0.3 is 0 Å². The van der Waals surface area contributed by atoms with E-state index in [-0.39, 0.29) is 17.5 Å². The molecule has 1 heterocycles. The van der Waals surface area contributed by atoms with Crippen LogP contribution >= 0.6 is 0 Å². The van der Waals surface area contributed by atoms with Gasteiger partial charge in [0.05, 0.1) is 6.61 Å². The molecule has 0 saturated heterocycles. The summed E-state index contributed by atoms with van der Waals surface area (Å²) < 4.78 is 24.1. The molecule has 1 amide bonds. The Kier molecular flexibility index (Phi) is 4.51. The van der Waals surface area contributed by atoms with Crippen LogP contribution in [0.3, 0.4) is 0 Å². The highest BCUT2D eigenvalue weighted by Crippen LogP contribution is 2.28. The Morgan fingerprint density at radius 1 is 1.21 bits per heavy atom. The summed E-state index contributed by atoms with van der Waals surface area (Å²) in [5, 5.41) is 3.64. The van der Waals surface area contributed by atoms with Crippen LogP contribution in [0.4, 0.5) is 4.39 Å². The minimum Gasteiger partial charge on any atom is -0.494 e. The molecule has 1 aromatic heterocycles. The average molecular weight is 327 g/mol. The van der Waals surface area contributed by atoms with Crippen molar-refractivity contribution in [1.82, 2.24) is 5.32 Å². The number of benzene rings is 2. The Bertz CT molecular complexity index is 868. The molecule has 1 N–H and O–H groups in total. The fraction of sp³-hybridized carbons (Fsp3) is 0.211. The summed E-state index contributed by atoms with van der Waals surface area (Å²) in [6, 6.07) is 11.5. The van der Waals surface area contributed by atoms with Gasteiger partial charge in [-0.05, 0) is 49.7 Å². The van der Waals surface area contributed by atoms with Gasteiger partial charge in [-0.15, -0.1) is 0 Å². The lowest BCUT2D eigenvalue weighted by Crippen LogP contribution is -2.22. The number of hydrogen-bond acceptors (Lipinski definition) is 3. The Hall–Kier alpha value is -2.82. The Morgan fingerprint density at radius 2 is 1.96 bits per heavy atom. The van der Waals surface area contributed by atoms with Crippen molar-refractivity contribution in [3.05, 3.63) is 65.2 Å². The first-order valence-electron chi connectivity index (χ1n) is 7.77. The molecule has 2 aromatic carbocycles. The van der Waals surface area contributed by atoms with Gasteiger partial charge in [0.15, 0.2) is 5.76 Å². The van der Waals surface area contributed by atoms with E-state index in [1.165, 1.54) is 12.1 Å². The van der Waals surface area contributed by atoms with Gasteiger partial charge in [0.25, 0.3) is 5.91 Å². The van der Waals surface area contributed by atoms with Gasteiger partial charge in [0, 0.05) is 17.5 Å². The second-order valence-electron chi connectivity index (χ2n) is 5.46. The number of carbonyl (C=O) groups excluding carboxylic acids is 1. The van der Waals surface area contributed by atoms with E-state index in [1.807, 2.05) is 26.0 Å². The van der Waals surface area contributed by atoms with Crippen LogP contribution in [0.5, 0.6) is 5.75 Å². The molecular weight excluding hydrogens is 309 g/mol. The largest absolute Gasteiger partial charge is 0.494 e. The quantitative estimate of drug-likeness (QED) is 0.764. The van der Waals surface area contributed by atoms with E-state index in [9.17, 15) is 9.18 Å². The number of halogens is 1. The van der Waals surface area contributed by atoms with Crippen molar-refractivity contribution >= 4 is 16.9 Å². The maximum atomic E-state index is 12.9. The van der Waals surface area contributed by atoms with Gasteiger partial charge in [-0.3, -0.25) is 4.79 Å². The third-order valence-corrected chi connectivity index (χ3v) is 3.79. The fourth-order valence-corrected chi connectivity index (χ4v) is 2.54. The van der Waals surface area contributed by atoms with Gasteiger partial charge < -0.3 is 14.5 Å². The normalized spacial score (nSPS) is 10.8. The Morgan fingerprint density at radius 3 is 2.67 bits per heavy atom. The number of hydrogen-bond donors (Lipinski definition) is 1. The molecule has 0 aliphatic carbocycles. The van der Waals surface area contributed by atoms with Gasteiger partial charge in [-0.2, -0.15) is 0 Å². The highest BCUT2D eigenvalue weighted by molar-refractivity contribution is 5.99. The zero-order chi connectivity index (χ0) is 17.1. The summed E-state index contributed by atoms with van der Waals surface area (Å²) >= 11 is 0. The predicted octanol–water partition coefficient (Wildman–Crippen LogP) is 4.21. The van der Waals surface area contributed by atoms with E-state index in [0.717, 1.165) is 22.3 Å². The van der Waals surface area contributed by atoms with E-state index in [4.69, 9.17) is 9.15 Å². The van der Waals surface area contributed by atoms with E-state index in [2.05, 4.69) is 5.32 Å². The maximum absolute atomic E-state index is 12.9. The second kappa shape index (κ2) is 6.74. The van der Waals surface area contributed by atoms with Crippen LogP contribution < -0.4 is 10.1 Å². The smallest absolute Gasteiger partial charge is 0.287 e. The minimum absolute atomic E-state index is 0.278. The van der Waals surface area contributed by atoms with E-state index >= 15 is 0 Å². The highest BCUT2D eigenvalue weighted by Gasteiger charge is 2.17. The van der Waals surface area contributed by atoms with Gasteiger partial charge in [-0.25, -0.2) is 4.39 Å². The predicted molar refractivity (Wildman–Crippen MR) is 89.7 cm³/mol. The first-order valence-corrected chi connectivity index (χ1v) is 7.77. The lowest BCUT2D eigenvalue weighted by molar-refractivity contribution is 0.0924. The molecule has 0 radical (unpaired) electrons. The van der Waals surface area contributed by atoms with Gasteiger partial charge in [0.1, 0.15) is 17.1 Å². The number of carbonyl (C=O) groups is 1. The Balaban J connectivity index is 1.79. The van der Waals surface area contributed by atoms with E-state index < -0.39 is 0 Å². The molecule has 124 valence electrons. The number of fused-ring (bicyclic) bond motifs is 1.